The molecule has 0 radical (unpaired) electrons. The van der Waals surface area contributed by atoms with Crippen molar-refractivity contribution in [2.45, 2.75) is 57.1 Å². The molecule has 4 aliphatic rings. The van der Waals surface area contributed by atoms with Crippen LogP contribution in [0.1, 0.15) is 55.8 Å². The molecular formula is C20H23F2NO3. The zero-order valence-electron chi connectivity index (χ0n) is 14.8. The Hall–Kier alpha value is -1.98. The number of esters is 1. The van der Waals surface area contributed by atoms with Crippen LogP contribution >= 0.6 is 0 Å². The number of halogens is 2. The van der Waals surface area contributed by atoms with E-state index in [0.717, 1.165) is 31.4 Å². The molecule has 4 saturated carbocycles. The van der Waals surface area contributed by atoms with E-state index in [2.05, 4.69) is 5.32 Å². The molecule has 4 bridgehead atoms. The predicted molar refractivity (Wildman–Crippen MR) is 90.3 cm³/mol. The molecule has 0 unspecified atom stereocenters. The Morgan fingerprint density at radius 1 is 1.08 bits per heavy atom. The van der Waals surface area contributed by atoms with E-state index in [0.29, 0.717) is 17.8 Å². The van der Waals surface area contributed by atoms with Gasteiger partial charge in [0.15, 0.2) is 6.10 Å². The SMILES string of the molecule is C[C@@H](OC(=O)c1c(F)cccc1F)C(=O)NC12CC3CC(CC(C3)C1)C2. The lowest BCUT2D eigenvalue weighted by Gasteiger charge is -2.57. The summed E-state index contributed by atoms with van der Waals surface area (Å²) in [5.41, 5.74) is -0.961. The standard InChI is InChI=1S/C20H23F2NO3/c1-11(26-19(25)17-15(21)3-2-4-16(17)22)18(24)23-20-8-12-5-13(9-20)7-14(6-12)10-20/h2-4,11-14H,5-10H2,1H3,(H,23,24)/t11-,12?,13?,14?,20?/m1/s1. The summed E-state index contributed by atoms with van der Waals surface area (Å²) in [5.74, 6) is -1.52. The van der Waals surface area contributed by atoms with Crippen LogP contribution < -0.4 is 5.32 Å². The van der Waals surface area contributed by atoms with Gasteiger partial charge in [0.25, 0.3) is 5.91 Å². The Morgan fingerprint density at radius 2 is 1.58 bits per heavy atom. The lowest BCUT2D eigenvalue weighted by atomic mass is 9.53. The Bertz CT molecular complexity index is 693. The molecule has 1 aromatic rings. The molecule has 6 heteroatoms. The largest absolute Gasteiger partial charge is 0.449 e. The number of ether oxygens (including phenoxy) is 1. The Morgan fingerprint density at radius 3 is 2.08 bits per heavy atom. The van der Waals surface area contributed by atoms with Gasteiger partial charge in [0.05, 0.1) is 0 Å². The lowest BCUT2D eigenvalue weighted by Crippen LogP contribution is -2.61. The fourth-order valence-electron chi connectivity index (χ4n) is 5.59. The van der Waals surface area contributed by atoms with Gasteiger partial charge in [-0.25, -0.2) is 13.6 Å². The Balaban J connectivity index is 1.42. The van der Waals surface area contributed by atoms with E-state index in [4.69, 9.17) is 4.74 Å². The predicted octanol–water partition coefficient (Wildman–Crippen LogP) is 3.60. The lowest BCUT2D eigenvalue weighted by molar-refractivity contribution is -0.134. The number of benzene rings is 1. The highest BCUT2D eigenvalue weighted by atomic mass is 19.1. The van der Waals surface area contributed by atoms with Gasteiger partial charge in [-0.15, -0.1) is 0 Å². The zero-order valence-corrected chi connectivity index (χ0v) is 14.8. The third-order valence-electron chi connectivity index (χ3n) is 6.25. The number of rotatable bonds is 4. The van der Waals surface area contributed by atoms with Crippen molar-refractivity contribution < 1.29 is 23.1 Å². The third kappa shape index (κ3) is 3.10. The molecule has 1 amide bonds. The molecule has 4 nitrogen and oxygen atoms in total. The van der Waals surface area contributed by atoms with Gasteiger partial charge < -0.3 is 10.1 Å². The van der Waals surface area contributed by atoms with E-state index in [-0.39, 0.29) is 5.54 Å². The van der Waals surface area contributed by atoms with Crippen molar-refractivity contribution in [1.82, 2.24) is 5.32 Å². The maximum Gasteiger partial charge on any atom is 0.344 e. The first-order chi connectivity index (χ1) is 12.3. The van der Waals surface area contributed by atoms with Crippen LogP contribution in [0.5, 0.6) is 0 Å². The second kappa shape index (κ2) is 6.32. The highest BCUT2D eigenvalue weighted by Gasteiger charge is 2.51. The van der Waals surface area contributed by atoms with Gasteiger partial charge in [-0.2, -0.15) is 0 Å². The molecule has 4 aliphatic carbocycles. The molecule has 26 heavy (non-hydrogen) atoms. The first kappa shape index (κ1) is 17.4. The van der Waals surface area contributed by atoms with Crippen molar-refractivity contribution in [1.29, 1.82) is 0 Å². The first-order valence-corrected chi connectivity index (χ1v) is 9.32. The van der Waals surface area contributed by atoms with E-state index in [1.165, 1.54) is 32.3 Å². The van der Waals surface area contributed by atoms with Gasteiger partial charge >= 0.3 is 5.97 Å². The maximum atomic E-state index is 13.7. The average Bonchev–Trinajstić information content (AvgIpc) is 2.52. The molecule has 1 atom stereocenters. The quantitative estimate of drug-likeness (QED) is 0.832. The van der Waals surface area contributed by atoms with Crippen molar-refractivity contribution in [2.75, 3.05) is 0 Å². The summed E-state index contributed by atoms with van der Waals surface area (Å²) in [5, 5.41) is 3.11. The number of carbonyl (C=O) groups excluding carboxylic acids is 2. The fraction of sp³-hybridized carbons (Fsp3) is 0.600. The average molecular weight is 363 g/mol. The summed E-state index contributed by atoms with van der Waals surface area (Å²) in [6.45, 7) is 1.44. The fourth-order valence-corrected chi connectivity index (χ4v) is 5.59. The minimum atomic E-state index is -1.16. The van der Waals surface area contributed by atoms with Crippen LogP contribution in [-0.2, 0) is 9.53 Å². The molecule has 0 heterocycles. The van der Waals surface area contributed by atoms with Crippen LogP contribution in [0.4, 0.5) is 8.78 Å². The van der Waals surface area contributed by atoms with Gasteiger partial charge in [-0.05, 0) is 75.3 Å². The molecule has 0 aliphatic heterocycles. The van der Waals surface area contributed by atoms with Crippen LogP contribution in [0.25, 0.3) is 0 Å². The minimum absolute atomic E-state index is 0.199. The van der Waals surface area contributed by atoms with Crippen molar-refractivity contribution in [2.24, 2.45) is 17.8 Å². The minimum Gasteiger partial charge on any atom is -0.449 e. The topological polar surface area (TPSA) is 55.4 Å². The van der Waals surface area contributed by atoms with Gasteiger partial charge in [0.2, 0.25) is 0 Å². The number of hydrogen-bond donors (Lipinski definition) is 1. The highest BCUT2D eigenvalue weighted by molar-refractivity contribution is 5.92. The van der Waals surface area contributed by atoms with Crippen LogP contribution in [0.3, 0.4) is 0 Å². The number of nitrogens with one attached hydrogen (secondary N) is 1. The van der Waals surface area contributed by atoms with Crippen molar-refractivity contribution >= 4 is 11.9 Å². The summed E-state index contributed by atoms with van der Waals surface area (Å²) < 4.78 is 32.4. The molecule has 0 aromatic heterocycles. The van der Waals surface area contributed by atoms with Crippen molar-refractivity contribution in [3.63, 3.8) is 0 Å². The Labute approximate surface area is 151 Å². The second-order valence-electron chi connectivity index (χ2n) is 8.33. The monoisotopic (exact) mass is 363 g/mol. The van der Waals surface area contributed by atoms with Crippen LogP contribution in [0.15, 0.2) is 18.2 Å². The van der Waals surface area contributed by atoms with Gasteiger partial charge in [-0.3, -0.25) is 4.79 Å². The summed E-state index contributed by atoms with van der Waals surface area (Å²) in [6.07, 6.45) is 5.60. The summed E-state index contributed by atoms with van der Waals surface area (Å²) in [4.78, 5) is 24.7. The number of carbonyl (C=O) groups is 2. The van der Waals surface area contributed by atoms with Crippen LogP contribution in [0, 0.1) is 29.4 Å². The first-order valence-electron chi connectivity index (χ1n) is 9.32. The summed E-state index contributed by atoms with van der Waals surface area (Å²) in [7, 11) is 0. The number of amides is 1. The molecule has 1 N–H and O–H groups in total. The smallest absolute Gasteiger partial charge is 0.344 e. The van der Waals surface area contributed by atoms with Crippen LogP contribution in [-0.4, -0.2) is 23.5 Å². The molecule has 1 aromatic carbocycles. The normalized spacial score (nSPS) is 33.0. The maximum absolute atomic E-state index is 13.7. The van der Waals surface area contributed by atoms with E-state index in [1.54, 1.807) is 0 Å². The highest BCUT2D eigenvalue weighted by Crippen LogP contribution is 2.55. The van der Waals surface area contributed by atoms with Gasteiger partial charge in [0, 0.05) is 5.54 Å². The molecule has 0 saturated heterocycles. The summed E-state index contributed by atoms with van der Waals surface area (Å²) >= 11 is 0. The second-order valence-corrected chi connectivity index (χ2v) is 8.33. The van der Waals surface area contributed by atoms with Crippen LogP contribution in [0.2, 0.25) is 0 Å². The third-order valence-corrected chi connectivity index (χ3v) is 6.25. The molecule has 4 fully saturated rings. The molecule has 140 valence electrons. The van der Waals surface area contributed by atoms with E-state index < -0.39 is 35.2 Å². The van der Waals surface area contributed by atoms with E-state index in [1.807, 2.05) is 0 Å². The molecule has 0 spiro atoms. The van der Waals surface area contributed by atoms with Crippen molar-refractivity contribution in [3.05, 3.63) is 35.4 Å². The van der Waals surface area contributed by atoms with E-state index >= 15 is 0 Å². The molecular weight excluding hydrogens is 340 g/mol. The summed E-state index contributed by atoms with van der Waals surface area (Å²) in [6, 6.07) is 3.14. The van der Waals surface area contributed by atoms with E-state index in [9.17, 15) is 18.4 Å². The molecule has 5 rings (SSSR count). The Kier molecular flexibility index (Phi) is 4.24. The van der Waals surface area contributed by atoms with Gasteiger partial charge in [-0.1, -0.05) is 6.07 Å². The zero-order chi connectivity index (χ0) is 18.5. The van der Waals surface area contributed by atoms with Crippen molar-refractivity contribution in [3.8, 4) is 0 Å². The van der Waals surface area contributed by atoms with Gasteiger partial charge in [0.1, 0.15) is 17.2 Å². The number of hydrogen-bond acceptors (Lipinski definition) is 3.